The number of ether oxygens (including phenoxy) is 3. The number of nitrogens with one attached hydrogen (secondary N) is 1. The molecule has 0 saturated heterocycles. The largest absolute Gasteiger partial charge is 0.352 e. The number of unbranched alkanes of at least 4 members (excludes halogenated alkanes) is 9. The molecular weight excluding hydrogens is 368 g/mol. The van der Waals surface area contributed by atoms with Gasteiger partial charge in [-0.1, -0.05) is 72.1 Å². The molecule has 0 atom stereocenters. The molecule has 6 nitrogen and oxygen atoms in total. The van der Waals surface area contributed by atoms with E-state index in [4.69, 9.17) is 19.9 Å². The van der Waals surface area contributed by atoms with Crippen LogP contribution in [0.4, 0.5) is 4.79 Å². The molecule has 0 bridgehead atoms. The molecule has 0 aliphatic rings. The Kier molecular flexibility index (Phi) is 19.8. The van der Waals surface area contributed by atoms with Gasteiger partial charge in [0, 0.05) is 13.0 Å². The molecule has 0 fully saturated rings. The minimum Gasteiger partial charge on any atom is -0.352 e. The monoisotopic (exact) mass is 416 g/mol. The molecule has 0 heterocycles. The number of hydrogen-bond acceptors (Lipinski definition) is 4. The molecule has 0 aromatic carbocycles. The first-order valence-electron chi connectivity index (χ1n) is 12.0. The van der Waals surface area contributed by atoms with Gasteiger partial charge in [-0.05, 0) is 32.1 Å². The second-order valence-corrected chi connectivity index (χ2v) is 7.80. The Morgan fingerprint density at radius 3 is 1.45 bits per heavy atom. The van der Waals surface area contributed by atoms with E-state index in [1.807, 2.05) is 0 Å². The first-order chi connectivity index (χ1) is 14.1. The average molecular weight is 417 g/mol. The lowest BCUT2D eigenvalue weighted by Crippen LogP contribution is -2.40. The summed E-state index contributed by atoms with van der Waals surface area (Å²) >= 11 is 0. The number of nitrogens with two attached hydrogens (primary N) is 1. The van der Waals surface area contributed by atoms with E-state index in [0.29, 0.717) is 26.4 Å². The van der Waals surface area contributed by atoms with Crippen LogP contribution in [0.15, 0.2) is 0 Å². The second-order valence-electron chi connectivity index (χ2n) is 7.80. The van der Waals surface area contributed by atoms with E-state index in [1.165, 1.54) is 44.9 Å². The normalized spacial score (nSPS) is 11.7. The average Bonchev–Trinajstić information content (AvgIpc) is 2.71. The van der Waals surface area contributed by atoms with Crippen LogP contribution < -0.4 is 11.1 Å². The van der Waals surface area contributed by atoms with Crippen LogP contribution >= 0.6 is 0 Å². The highest BCUT2D eigenvalue weighted by atomic mass is 16.9. The summed E-state index contributed by atoms with van der Waals surface area (Å²) in [6.45, 7) is 9.06. The van der Waals surface area contributed by atoms with Crippen molar-refractivity contribution in [3.05, 3.63) is 0 Å². The van der Waals surface area contributed by atoms with Crippen LogP contribution in [0.1, 0.15) is 111 Å². The number of rotatable bonds is 22. The van der Waals surface area contributed by atoms with Crippen molar-refractivity contribution in [2.45, 2.75) is 117 Å². The lowest BCUT2D eigenvalue weighted by atomic mass is 10.1. The maximum absolute atomic E-state index is 10.6. The van der Waals surface area contributed by atoms with Crippen molar-refractivity contribution in [1.82, 2.24) is 5.32 Å². The molecule has 0 rings (SSSR count). The highest BCUT2D eigenvalue weighted by Gasteiger charge is 2.32. The Balaban J connectivity index is 3.83. The summed E-state index contributed by atoms with van der Waals surface area (Å²) in [5.74, 6) is -0.842. The third kappa shape index (κ3) is 17.7. The summed E-state index contributed by atoms with van der Waals surface area (Å²) in [6.07, 6.45) is 15.8. The van der Waals surface area contributed by atoms with Crippen LogP contribution in [0.5, 0.6) is 0 Å². The van der Waals surface area contributed by atoms with Gasteiger partial charge in [-0.2, -0.15) is 0 Å². The molecule has 29 heavy (non-hydrogen) atoms. The Morgan fingerprint density at radius 2 is 1.07 bits per heavy atom. The van der Waals surface area contributed by atoms with Crippen LogP contribution in [-0.2, 0) is 14.2 Å². The van der Waals surface area contributed by atoms with Gasteiger partial charge in [-0.15, -0.1) is 0 Å². The lowest BCUT2D eigenvalue weighted by Gasteiger charge is -2.33. The van der Waals surface area contributed by atoms with Crippen LogP contribution in [0.25, 0.3) is 0 Å². The maximum atomic E-state index is 10.6. The number of amides is 2. The number of hydrogen-bond donors (Lipinski definition) is 2. The van der Waals surface area contributed by atoms with Gasteiger partial charge in [0.05, 0.1) is 19.8 Å². The topological polar surface area (TPSA) is 82.8 Å². The molecule has 0 aliphatic heterocycles. The molecular formula is C23H48N2O4. The van der Waals surface area contributed by atoms with Gasteiger partial charge in [0.15, 0.2) is 0 Å². The standard InChI is InChI=1S/C23H48N2O4/c1-4-19-27-23(28-20-5-2,29-21-6-3)17-15-13-11-9-7-8-10-12-14-16-18-25-22(24)26/h4-21H2,1-3H3,(H3,24,25,26). The summed E-state index contributed by atoms with van der Waals surface area (Å²) in [6, 6.07) is -0.423. The summed E-state index contributed by atoms with van der Waals surface area (Å²) in [7, 11) is 0. The van der Waals surface area contributed by atoms with E-state index in [-0.39, 0.29) is 0 Å². The molecule has 0 unspecified atom stereocenters. The zero-order valence-corrected chi connectivity index (χ0v) is 19.4. The first-order valence-corrected chi connectivity index (χ1v) is 12.0. The van der Waals surface area contributed by atoms with E-state index in [2.05, 4.69) is 26.1 Å². The fourth-order valence-electron chi connectivity index (χ4n) is 3.21. The molecule has 0 aromatic rings. The van der Waals surface area contributed by atoms with Crippen molar-refractivity contribution in [2.75, 3.05) is 26.4 Å². The number of carbonyl (C=O) groups excluding carboxylic acids is 1. The van der Waals surface area contributed by atoms with Crippen LogP contribution in [0.3, 0.4) is 0 Å². The van der Waals surface area contributed by atoms with E-state index in [9.17, 15) is 4.79 Å². The van der Waals surface area contributed by atoms with Crippen molar-refractivity contribution in [3.63, 3.8) is 0 Å². The number of primary amides is 1. The Hall–Kier alpha value is -0.850. The van der Waals surface area contributed by atoms with E-state index in [0.717, 1.165) is 44.9 Å². The highest BCUT2D eigenvalue weighted by molar-refractivity contribution is 5.71. The van der Waals surface area contributed by atoms with Crippen LogP contribution in [0.2, 0.25) is 0 Å². The Bertz CT molecular complexity index is 345. The zero-order chi connectivity index (χ0) is 21.6. The SMILES string of the molecule is CCCOC(CCCCCCCCCCCCNC(N)=O)(OCCC)OCCC. The molecule has 0 aliphatic carbocycles. The summed E-state index contributed by atoms with van der Waals surface area (Å²) < 4.78 is 18.1. The molecule has 174 valence electrons. The van der Waals surface area contributed by atoms with Crippen LogP contribution in [0, 0.1) is 0 Å². The van der Waals surface area contributed by atoms with Gasteiger partial charge in [-0.3, -0.25) is 0 Å². The minimum absolute atomic E-state index is 0.423. The van der Waals surface area contributed by atoms with E-state index < -0.39 is 12.0 Å². The number of carbonyl (C=O) groups is 1. The predicted octanol–water partition coefficient (Wildman–Crippen LogP) is 5.88. The van der Waals surface area contributed by atoms with Crippen LogP contribution in [-0.4, -0.2) is 38.4 Å². The van der Waals surface area contributed by atoms with E-state index >= 15 is 0 Å². The lowest BCUT2D eigenvalue weighted by molar-refractivity contribution is -0.383. The Labute approximate surface area is 179 Å². The maximum Gasteiger partial charge on any atom is 0.312 e. The van der Waals surface area contributed by atoms with E-state index in [1.54, 1.807) is 0 Å². The molecule has 6 heteroatoms. The molecule has 0 aromatic heterocycles. The zero-order valence-electron chi connectivity index (χ0n) is 19.4. The van der Waals surface area contributed by atoms with Gasteiger partial charge in [0.25, 0.3) is 5.97 Å². The van der Waals surface area contributed by atoms with Crippen molar-refractivity contribution in [3.8, 4) is 0 Å². The summed E-state index contributed by atoms with van der Waals surface area (Å²) in [4.78, 5) is 10.6. The van der Waals surface area contributed by atoms with Gasteiger partial charge >= 0.3 is 6.03 Å². The molecule has 0 spiro atoms. The van der Waals surface area contributed by atoms with Crippen molar-refractivity contribution in [2.24, 2.45) is 5.73 Å². The molecule has 2 amide bonds. The third-order valence-electron chi connectivity index (χ3n) is 4.79. The van der Waals surface area contributed by atoms with Gasteiger partial charge < -0.3 is 25.3 Å². The molecule has 3 N–H and O–H groups in total. The van der Waals surface area contributed by atoms with Crippen molar-refractivity contribution in [1.29, 1.82) is 0 Å². The molecule has 0 radical (unpaired) electrons. The second kappa shape index (κ2) is 20.4. The molecule has 0 saturated carbocycles. The highest BCUT2D eigenvalue weighted by Crippen LogP contribution is 2.25. The first kappa shape index (κ1) is 28.1. The summed E-state index contributed by atoms with van der Waals surface area (Å²) in [5.41, 5.74) is 5.04. The van der Waals surface area contributed by atoms with Gasteiger partial charge in [0.1, 0.15) is 0 Å². The fraction of sp³-hybridized carbons (Fsp3) is 0.957. The predicted molar refractivity (Wildman–Crippen MR) is 120 cm³/mol. The quantitative estimate of drug-likeness (QED) is 0.170. The third-order valence-corrected chi connectivity index (χ3v) is 4.79. The fourth-order valence-corrected chi connectivity index (χ4v) is 3.21. The van der Waals surface area contributed by atoms with Crippen molar-refractivity contribution >= 4 is 6.03 Å². The minimum atomic E-state index is -0.842. The van der Waals surface area contributed by atoms with Crippen molar-refractivity contribution < 1.29 is 19.0 Å². The summed E-state index contributed by atoms with van der Waals surface area (Å²) in [5, 5.41) is 2.63. The van der Waals surface area contributed by atoms with Gasteiger partial charge in [0.2, 0.25) is 0 Å². The number of urea groups is 1. The van der Waals surface area contributed by atoms with Gasteiger partial charge in [-0.25, -0.2) is 4.79 Å². The smallest absolute Gasteiger partial charge is 0.312 e. The Morgan fingerprint density at radius 1 is 0.690 bits per heavy atom.